The fourth-order valence-corrected chi connectivity index (χ4v) is 4.76. The molecule has 1 aromatic rings. The van der Waals surface area contributed by atoms with Crippen molar-refractivity contribution < 1.29 is 8.42 Å². The number of anilines is 1. The predicted molar refractivity (Wildman–Crippen MR) is 89.3 cm³/mol. The highest BCUT2D eigenvalue weighted by molar-refractivity contribution is 9.10. The van der Waals surface area contributed by atoms with Crippen molar-refractivity contribution in [2.45, 2.75) is 36.7 Å². The normalized spacial score (nSPS) is 23.0. The van der Waals surface area contributed by atoms with E-state index in [9.17, 15) is 8.42 Å². The number of halogens is 1. The Kier molecular flexibility index (Phi) is 5.29. The quantitative estimate of drug-likeness (QED) is 0.843. The van der Waals surface area contributed by atoms with E-state index in [2.05, 4.69) is 32.9 Å². The summed E-state index contributed by atoms with van der Waals surface area (Å²) in [6, 6.07) is 5.67. The molecule has 0 aromatic heterocycles. The third-order valence-electron chi connectivity index (χ3n) is 3.67. The molecule has 5 nitrogen and oxygen atoms in total. The van der Waals surface area contributed by atoms with Crippen molar-refractivity contribution in [3.8, 4) is 0 Å². The van der Waals surface area contributed by atoms with Crippen LogP contribution in [0.5, 0.6) is 0 Å². The van der Waals surface area contributed by atoms with Crippen molar-refractivity contribution in [3.05, 3.63) is 22.7 Å². The molecule has 0 spiro atoms. The lowest BCUT2D eigenvalue weighted by atomic mass is 10.0. The maximum atomic E-state index is 12.6. The Morgan fingerprint density at radius 3 is 2.71 bits per heavy atom. The van der Waals surface area contributed by atoms with Crippen LogP contribution in [0.25, 0.3) is 0 Å². The van der Waals surface area contributed by atoms with Gasteiger partial charge in [0.1, 0.15) is 0 Å². The second-order valence-electron chi connectivity index (χ2n) is 5.71. The summed E-state index contributed by atoms with van der Waals surface area (Å²) < 4.78 is 28.7. The number of benzene rings is 1. The van der Waals surface area contributed by atoms with Gasteiger partial charge in [0.2, 0.25) is 10.0 Å². The second-order valence-corrected chi connectivity index (χ2v) is 8.24. The van der Waals surface area contributed by atoms with E-state index in [1.807, 2.05) is 25.1 Å². The minimum absolute atomic E-state index is 0.0128. The van der Waals surface area contributed by atoms with Crippen LogP contribution in [0.1, 0.15) is 19.8 Å². The Morgan fingerprint density at radius 1 is 1.38 bits per heavy atom. The largest absolute Gasteiger partial charge is 0.378 e. The molecule has 21 heavy (non-hydrogen) atoms. The van der Waals surface area contributed by atoms with E-state index in [1.54, 1.807) is 12.1 Å². The number of rotatable bonds is 4. The second kappa shape index (κ2) is 6.64. The molecule has 7 heteroatoms. The molecule has 2 rings (SSSR count). The monoisotopic (exact) mass is 375 g/mol. The maximum absolute atomic E-state index is 12.6. The average Bonchev–Trinajstić information content (AvgIpc) is 2.38. The van der Waals surface area contributed by atoms with Crippen molar-refractivity contribution in [1.29, 1.82) is 0 Å². The van der Waals surface area contributed by atoms with Crippen LogP contribution < -0.4 is 14.9 Å². The lowest BCUT2D eigenvalue weighted by Gasteiger charge is -2.28. The summed E-state index contributed by atoms with van der Waals surface area (Å²) in [5, 5.41) is 3.32. The van der Waals surface area contributed by atoms with Crippen molar-refractivity contribution in [2.24, 2.45) is 0 Å². The van der Waals surface area contributed by atoms with Crippen LogP contribution in [0, 0.1) is 0 Å². The number of piperidine rings is 1. The Hall–Kier alpha value is -0.630. The molecular weight excluding hydrogens is 354 g/mol. The van der Waals surface area contributed by atoms with Crippen LogP contribution in [0.2, 0.25) is 0 Å². The van der Waals surface area contributed by atoms with Crippen molar-refractivity contribution in [3.63, 3.8) is 0 Å². The minimum atomic E-state index is -3.52. The van der Waals surface area contributed by atoms with Crippen molar-refractivity contribution in [1.82, 2.24) is 10.0 Å². The molecule has 1 aromatic carbocycles. The van der Waals surface area contributed by atoms with Gasteiger partial charge in [-0.1, -0.05) is 0 Å². The van der Waals surface area contributed by atoms with Gasteiger partial charge in [-0.15, -0.1) is 0 Å². The van der Waals surface area contributed by atoms with Crippen LogP contribution in [0.15, 0.2) is 27.6 Å². The molecule has 1 aliphatic heterocycles. The molecule has 2 unspecified atom stereocenters. The Balaban J connectivity index is 2.24. The summed E-state index contributed by atoms with van der Waals surface area (Å²) >= 11 is 3.34. The maximum Gasteiger partial charge on any atom is 0.242 e. The van der Waals surface area contributed by atoms with E-state index >= 15 is 0 Å². The van der Waals surface area contributed by atoms with Gasteiger partial charge in [0.25, 0.3) is 0 Å². The Bertz CT molecular complexity index is 604. The van der Waals surface area contributed by atoms with Crippen LogP contribution in [-0.4, -0.2) is 41.1 Å². The van der Waals surface area contributed by atoms with Crippen LogP contribution in [0.3, 0.4) is 0 Å². The highest BCUT2D eigenvalue weighted by Crippen LogP contribution is 2.27. The van der Waals surface area contributed by atoms with Gasteiger partial charge in [-0.25, -0.2) is 13.1 Å². The first-order valence-corrected chi connectivity index (χ1v) is 9.30. The van der Waals surface area contributed by atoms with Crippen LogP contribution >= 0.6 is 15.9 Å². The summed E-state index contributed by atoms with van der Waals surface area (Å²) in [5.74, 6) is 0. The molecule has 0 bridgehead atoms. The van der Waals surface area contributed by atoms with E-state index < -0.39 is 10.0 Å². The third-order valence-corrected chi connectivity index (χ3v) is 6.18. The molecular formula is C14H22BrN3O2S. The number of sulfonamides is 1. The summed E-state index contributed by atoms with van der Waals surface area (Å²) in [4.78, 5) is 2.18. The molecule has 1 aliphatic rings. The van der Waals surface area contributed by atoms with E-state index in [0.717, 1.165) is 25.1 Å². The number of nitrogens with zero attached hydrogens (tertiary/aromatic N) is 1. The number of hydrogen-bond acceptors (Lipinski definition) is 4. The van der Waals surface area contributed by atoms with E-state index in [-0.39, 0.29) is 6.04 Å². The standard InChI is InChI=1S/C14H22BrN3O2S/c1-10-8-11(6-7-16-10)17-21(19,20)14-9-12(18(2)3)4-5-13(14)15/h4-5,9-11,16-17H,6-8H2,1-3H3. The SMILES string of the molecule is CC1CC(NS(=O)(=O)c2cc(N(C)C)ccc2Br)CCN1. The zero-order chi connectivity index (χ0) is 15.6. The van der Waals surface area contributed by atoms with Gasteiger partial charge in [-0.05, 0) is 60.4 Å². The van der Waals surface area contributed by atoms with Crippen LogP contribution in [0.4, 0.5) is 5.69 Å². The van der Waals surface area contributed by atoms with Gasteiger partial charge in [0.15, 0.2) is 0 Å². The summed E-state index contributed by atoms with van der Waals surface area (Å²) in [5.41, 5.74) is 0.859. The third kappa shape index (κ3) is 4.18. The van der Waals surface area contributed by atoms with Gasteiger partial charge in [0.05, 0.1) is 4.90 Å². The lowest BCUT2D eigenvalue weighted by Crippen LogP contribution is -2.46. The first-order chi connectivity index (χ1) is 9.79. The fraction of sp³-hybridized carbons (Fsp3) is 0.571. The highest BCUT2D eigenvalue weighted by Gasteiger charge is 2.26. The Labute approximate surface area is 135 Å². The van der Waals surface area contributed by atoms with Gasteiger partial charge in [-0.3, -0.25) is 0 Å². The molecule has 1 saturated heterocycles. The molecule has 1 fully saturated rings. The smallest absolute Gasteiger partial charge is 0.242 e. The molecule has 2 N–H and O–H groups in total. The van der Waals surface area contributed by atoms with Gasteiger partial charge >= 0.3 is 0 Å². The molecule has 0 amide bonds. The highest BCUT2D eigenvalue weighted by atomic mass is 79.9. The summed E-state index contributed by atoms with van der Waals surface area (Å²) in [7, 11) is 0.260. The Morgan fingerprint density at radius 2 is 2.10 bits per heavy atom. The summed E-state index contributed by atoms with van der Waals surface area (Å²) in [6.07, 6.45) is 1.62. The topological polar surface area (TPSA) is 61.4 Å². The first-order valence-electron chi connectivity index (χ1n) is 7.02. The number of nitrogens with one attached hydrogen (secondary N) is 2. The van der Waals surface area contributed by atoms with E-state index in [1.165, 1.54) is 0 Å². The lowest BCUT2D eigenvalue weighted by molar-refractivity contribution is 0.361. The van der Waals surface area contributed by atoms with Gasteiger partial charge < -0.3 is 10.2 Å². The molecule has 0 radical (unpaired) electrons. The van der Waals surface area contributed by atoms with Crippen molar-refractivity contribution >= 4 is 31.6 Å². The minimum Gasteiger partial charge on any atom is -0.378 e. The summed E-state index contributed by atoms with van der Waals surface area (Å²) in [6.45, 7) is 2.91. The number of hydrogen-bond donors (Lipinski definition) is 2. The fourth-order valence-electron chi connectivity index (χ4n) is 2.50. The molecule has 118 valence electrons. The average molecular weight is 376 g/mol. The molecule has 0 aliphatic carbocycles. The van der Waals surface area contributed by atoms with Crippen molar-refractivity contribution in [2.75, 3.05) is 25.5 Å². The molecule has 2 atom stereocenters. The van der Waals surface area contributed by atoms with Crippen LogP contribution in [-0.2, 0) is 10.0 Å². The molecule has 0 saturated carbocycles. The van der Waals surface area contributed by atoms with Gasteiger partial charge in [-0.2, -0.15) is 0 Å². The molecule has 1 heterocycles. The first kappa shape index (κ1) is 16.7. The zero-order valence-electron chi connectivity index (χ0n) is 12.6. The van der Waals surface area contributed by atoms with E-state index in [0.29, 0.717) is 15.4 Å². The van der Waals surface area contributed by atoms with Gasteiger partial charge in [0, 0.05) is 36.3 Å². The van der Waals surface area contributed by atoms with E-state index in [4.69, 9.17) is 0 Å². The predicted octanol–water partition coefficient (Wildman–Crippen LogP) is 1.93. The zero-order valence-corrected chi connectivity index (χ0v) is 15.0.